The number of rotatable bonds is 9. The fraction of sp³-hybridized carbons (Fsp3) is 0.667. The molecule has 1 aromatic heterocycles. The molecular formula is C12H19N3O2. The highest BCUT2D eigenvalue weighted by Gasteiger charge is 2.05. The molecule has 0 fully saturated rings. The van der Waals surface area contributed by atoms with Crippen molar-refractivity contribution in [2.75, 3.05) is 6.61 Å². The maximum atomic E-state index is 10.3. The summed E-state index contributed by atoms with van der Waals surface area (Å²) in [5.41, 5.74) is 0.850. The third-order valence-corrected chi connectivity index (χ3v) is 2.44. The van der Waals surface area contributed by atoms with Gasteiger partial charge in [0.25, 0.3) is 0 Å². The Morgan fingerprint density at radius 3 is 3.00 bits per heavy atom. The molecule has 0 saturated carbocycles. The van der Waals surface area contributed by atoms with Gasteiger partial charge in [-0.25, -0.2) is 0 Å². The first-order valence-corrected chi connectivity index (χ1v) is 6.12. The zero-order valence-electron chi connectivity index (χ0n) is 10.3. The van der Waals surface area contributed by atoms with Gasteiger partial charge in [-0.3, -0.25) is 0 Å². The predicted octanol–water partition coefficient (Wildman–Crippen LogP) is 1.96. The maximum Gasteiger partial charge on any atom is 0.240 e. The molecule has 1 aromatic rings. The average molecular weight is 237 g/mol. The number of ether oxygens (including phenoxy) is 1. The van der Waals surface area contributed by atoms with E-state index in [2.05, 4.69) is 22.3 Å². The Bertz CT molecular complexity index is 331. The van der Waals surface area contributed by atoms with E-state index in [9.17, 15) is 4.79 Å². The van der Waals surface area contributed by atoms with Gasteiger partial charge in [-0.1, -0.05) is 31.3 Å². The molecule has 94 valence electrons. The minimum absolute atomic E-state index is 0.458. The third kappa shape index (κ3) is 5.38. The molecule has 0 atom stereocenters. The van der Waals surface area contributed by atoms with Crippen LogP contribution in [0.4, 0.5) is 0 Å². The van der Waals surface area contributed by atoms with Crippen LogP contribution in [0.3, 0.4) is 0 Å². The van der Waals surface area contributed by atoms with Crippen LogP contribution >= 0.6 is 0 Å². The molecule has 5 nitrogen and oxygen atoms in total. The lowest BCUT2D eigenvalue weighted by atomic mass is 10.2. The zero-order chi connectivity index (χ0) is 12.3. The van der Waals surface area contributed by atoms with Gasteiger partial charge in [0.05, 0.1) is 12.8 Å². The first kappa shape index (κ1) is 13.5. The summed E-state index contributed by atoms with van der Waals surface area (Å²) in [5, 5.41) is 11.1. The normalized spacial score (nSPS) is 10.2. The van der Waals surface area contributed by atoms with Crippen LogP contribution in [0, 0.1) is 0 Å². The second-order valence-electron chi connectivity index (χ2n) is 3.88. The molecule has 5 heteroatoms. The predicted molar refractivity (Wildman–Crippen MR) is 63.8 cm³/mol. The Kier molecular flexibility index (Phi) is 6.86. The van der Waals surface area contributed by atoms with E-state index in [4.69, 9.17) is 4.74 Å². The largest absolute Gasteiger partial charge is 0.476 e. The highest BCUT2D eigenvalue weighted by Crippen LogP contribution is 2.14. The highest BCUT2D eigenvalue weighted by atomic mass is 16.5. The number of unbranched alkanes of at least 4 members (excludes halogenated alkanes) is 3. The first-order chi connectivity index (χ1) is 8.38. The number of nitrogens with zero attached hydrogens (tertiary/aromatic N) is 3. The van der Waals surface area contributed by atoms with Crippen molar-refractivity contribution in [1.82, 2.24) is 15.4 Å². The summed E-state index contributed by atoms with van der Waals surface area (Å²) >= 11 is 0. The van der Waals surface area contributed by atoms with Crippen LogP contribution in [-0.4, -0.2) is 28.3 Å². The summed E-state index contributed by atoms with van der Waals surface area (Å²) < 4.78 is 5.55. The van der Waals surface area contributed by atoms with Gasteiger partial charge in [0, 0.05) is 12.0 Å². The van der Waals surface area contributed by atoms with Gasteiger partial charge in [-0.2, -0.15) is 0 Å². The third-order valence-electron chi connectivity index (χ3n) is 2.44. The van der Waals surface area contributed by atoms with Crippen LogP contribution in [0.1, 0.15) is 44.6 Å². The second kappa shape index (κ2) is 8.61. The van der Waals surface area contributed by atoms with E-state index >= 15 is 0 Å². The molecular weight excluding hydrogens is 218 g/mol. The Balaban J connectivity index is 2.37. The number of carbonyl (C=O) groups excluding carboxylic acids is 1. The van der Waals surface area contributed by atoms with Crippen LogP contribution in [-0.2, 0) is 11.2 Å². The van der Waals surface area contributed by atoms with Crippen molar-refractivity contribution in [2.24, 2.45) is 0 Å². The number of aldehydes is 1. The molecule has 1 rings (SSSR count). The lowest BCUT2D eigenvalue weighted by molar-refractivity contribution is -0.107. The van der Waals surface area contributed by atoms with Gasteiger partial charge in [-0.05, 0) is 18.1 Å². The van der Waals surface area contributed by atoms with Crippen LogP contribution in [0.5, 0.6) is 5.88 Å². The summed E-state index contributed by atoms with van der Waals surface area (Å²) in [5.74, 6) is 0.512. The Labute approximate surface area is 102 Å². The monoisotopic (exact) mass is 237 g/mol. The zero-order valence-corrected chi connectivity index (χ0v) is 10.3. The molecule has 17 heavy (non-hydrogen) atoms. The second-order valence-corrected chi connectivity index (χ2v) is 3.88. The fourth-order valence-corrected chi connectivity index (χ4v) is 1.49. The van der Waals surface area contributed by atoms with Crippen LogP contribution in [0.25, 0.3) is 0 Å². The molecule has 0 aliphatic carbocycles. The van der Waals surface area contributed by atoms with Gasteiger partial charge >= 0.3 is 0 Å². The van der Waals surface area contributed by atoms with Gasteiger partial charge in [0.1, 0.15) is 6.29 Å². The van der Waals surface area contributed by atoms with Gasteiger partial charge in [0.15, 0.2) is 0 Å². The van der Waals surface area contributed by atoms with Crippen molar-refractivity contribution in [3.63, 3.8) is 0 Å². The Hall–Kier alpha value is -1.52. The van der Waals surface area contributed by atoms with Crippen LogP contribution in [0.2, 0.25) is 0 Å². The van der Waals surface area contributed by atoms with Crippen molar-refractivity contribution in [3.05, 3.63) is 11.8 Å². The number of aromatic nitrogens is 3. The molecule has 0 bridgehead atoms. The standard InChI is InChI=1S/C12H19N3O2/c1-2-3-4-5-9-17-12-11(7-6-8-16)10-13-15-14-12/h8,10H,2-7,9H2,1H3. The van der Waals surface area contributed by atoms with Crippen LogP contribution < -0.4 is 4.74 Å². The smallest absolute Gasteiger partial charge is 0.240 e. The summed E-state index contributed by atoms with van der Waals surface area (Å²) in [6.45, 7) is 2.82. The SMILES string of the molecule is CCCCCCOc1nnncc1CCC=O. The molecule has 0 aliphatic heterocycles. The maximum absolute atomic E-state index is 10.3. The summed E-state index contributed by atoms with van der Waals surface area (Å²) in [7, 11) is 0. The molecule has 0 aromatic carbocycles. The Morgan fingerprint density at radius 1 is 1.35 bits per heavy atom. The molecule has 1 heterocycles. The van der Waals surface area contributed by atoms with Gasteiger partial charge in [-0.15, -0.1) is 5.10 Å². The van der Waals surface area contributed by atoms with E-state index in [1.807, 2.05) is 0 Å². The lowest BCUT2D eigenvalue weighted by Gasteiger charge is -2.07. The summed E-state index contributed by atoms with van der Waals surface area (Å²) in [6.07, 6.45) is 8.17. The molecule has 0 aliphatic rings. The summed E-state index contributed by atoms with van der Waals surface area (Å²) in [6, 6.07) is 0. The molecule has 0 radical (unpaired) electrons. The topological polar surface area (TPSA) is 65.0 Å². The van der Waals surface area contributed by atoms with Gasteiger partial charge < -0.3 is 9.53 Å². The molecule has 0 amide bonds. The number of carbonyl (C=O) groups is 1. The lowest BCUT2D eigenvalue weighted by Crippen LogP contribution is -2.05. The summed E-state index contributed by atoms with van der Waals surface area (Å²) in [4.78, 5) is 10.3. The number of hydrogen-bond acceptors (Lipinski definition) is 5. The molecule has 0 saturated heterocycles. The minimum Gasteiger partial charge on any atom is -0.476 e. The van der Waals surface area contributed by atoms with Crippen molar-refractivity contribution in [1.29, 1.82) is 0 Å². The van der Waals surface area contributed by atoms with Crippen molar-refractivity contribution in [2.45, 2.75) is 45.4 Å². The van der Waals surface area contributed by atoms with Crippen molar-refractivity contribution >= 4 is 6.29 Å². The molecule has 0 spiro atoms. The van der Waals surface area contributed by atoms with E-state index in [1.165, 1.54) is 19.3 Å². The van der Waals surface area contributed by atoms with E-state index in [1.54, 1.807) is 6.20 Å². The number of aryl methyl sites for hydroxylation is 1. The first-order valence-electron chi connectivity index (χ1n) is 6.12. The molecule has 0 unspecified atom stereocenters. The quantitative estimate of drug-likeness (QED) is 0.485. The van der Waals surface area contributed by atoms with Crippen LogP contribution in [0.15, 0.2) is 6.20 Å². The molecule has 0 N–H and O–H groups in total. The Morgan fingerprint density at radius 2 is 2.24 bits per heavy atom. The van der Waals surface area contributed by atoms with Crippen molar-refractivity contribution < 1.29 is 9.53 Å². The fourth-order valence-electron chi connectivity index (χ4n) is 1.49. The average Bonchev–Trinajstić information content (AvgIpc) is 2.37. The minimum atomic E-state index is 0.458. The van der Waals surface area contributed by atoms with E-state index in [0.29, 0.717) is 25.3 Å². The van der Waals surface area contributed by atoms with Crippen molar-refractivity contribution in [3.8, 4) is 5.88 Å². The van der Waals surface area contributed by atoms with E-state index in [0.717, 1.165) is 18.3 Å². The highest BCUT2D eigenvalue weighted by molar-refractivity contribution is 5.50. The van der Waals surface area contributed by atoms with E-state index < -0.39 is 0 Å². The van der Waals surface area contributed by atoms with Gasteiger partial charge in [0.2, 0.25) is 5.88 Å². The number of hydrogen-bond donors (Lipinski definition) is 0. The van der Waals surface area contributed by atoms with E-state index in [-0.39, 0.29) is 0 Å².